The minimum Gasteiger partial charge on any atom is -0.376 e. The van der Waals surface area contributed by atoms with Gasteiger partial charge in [-0.2, -0.15) is 0 Å². The lowest BCUT2D eigenvalue weighted by Crippen LogP contribution is -2.43. The zero-order chi connectivity index (χ0) is 59.7. The number of benzene rings is 2. The van der Waals surface area contributed by atoms with E-state index in [1.54, 1.807) is 0 Å². The first-order valence-corrected chi connectivity index (χ1v) is 33.1. The maximum Gasteiger partial charge on any atom is 0.104 e. The van der Waals surface area contributed by atoms with Crippen molar-refractivity contribution in [2.24, 2.45) is 27.1 Å². The van der Waals surface area contributed by atoms with Crippen molar-refractivity contribution in [3.8, 4) is 0 Å². The van der Waals surface area contributed by atoms with Crippen molar-refractivity contribution < 1.29 is 27.2 Å². The zero-order valence-corrected chi connectivity index (χ0v) is 57.8. The van der Waals surface area contributed by atoms with Crippen molar-refractivity contribution in [1.82, 2.24) is 0 Å². The highest BCUT2D eigenvalue weighted by atomic mass is 16.5. The SMILES string of the molecule is CC(C)(C)CCCCC[N+]1(C)CCCC1.CC(C)(C)CCCC[N+]1(C)CCCC1.CC(C)(C)CCOCC[N+]1(C)CCCC1.CC(C)(C)CCc1ccc(C[N+](C)(C)C)cc1.CC(C)(C)Cc1ccc(C[N+]2(C)CCCC2)cc1. The van der Waals surface area contributed by atoms with Gasteiger partial charge in [-0.1, -0.05) is 159 Å². The van der Waals surface area contributed by atoms with E-state index in [1.807, 2.05) is 0 Å². The molecule has 4 fully saturated rings. The molecule has 6 heteroatoms. The van der Waals surface area contributed by atoms with Crippen LogP contribution in [-0.2, 0) is 30.7 Å². The number of rotatable bonds is 21. The van der Waals surface area contributed by atoms with Gasteiger partial charge in [0, 0.05) is 69.1 Å². The second kappa shape index (κ2) is 33.6. The van der Waals surface area contributed by atoms with Crippen LogP contribution in [0.3, 0.4) is 0 Å². The largest absolute Gasteiger partial charge is 0.376 e. The van der Waals surface area contributed by atoms with Gasteiger partial charge >= 0.3 is 0 Å². The summed E-state index contributed by atoms with van der Waals surface area (Å²) in [5, 5.41) is 0. The maximum atomic E-state index is 5.72. The van der Waals surface area contributed by atoms with E-state index in [0.29, 0.717) is 27.1 Å². The number of hydrogen-bond acceptors (Lipinski definition) is 1. The number of nitrogens with zero attached hydrogens (tertiary/aromatic N) is 5. The van der Waals surface area contributed by atoms with Gasteiger partial charge in [0.05, 0.1) is 121 Å². The number of likely N-dealkylation sites (tertiary alicyclic amines) is 4. The third kappa shape index (κ3) is 38.6. The van der Waals surface area contributed by atoms with Crippen LogP contribution in [0.25, 0.3) is 0 Å². The molecule has 6 rings (SSSR count). The van der Waals surface area contributed by atoms with Gasteiger partial charge in [0.15, 0.2) is 0 Å². The number of hydrogen-bond donors (Lipinski definition) is 0. The van der Waals surface area contributed by atoms with E-state index >= 15 is 0 Å². The maximum absolute atomic E-state index is 5.72. The molecule has 0 atom stereocenters. The molecular formula is C73H142N5O+5. The van der Waals surface area contributed by atoms with Gasteiger partial charge in [-0.25, -0.2) is 0 Å². The van der Waals surface area contributed by atoms with E-state index in [0.717, 1.165) is 30.7 Å². The van der Waals surface area contributed by atoms with Crippen molar-refractivity contribution in [2.45, 2.75) is 239 Å². The number of quaternary nitrogens is 5. The average molecular weight is 1110 g/mol. The van der Waals surface area contributed by atoms with E-state index in [-0.39, 0.29) is 0 Å². The summed E-state index contributed by atoms with van der Waals surface area (Å²) in [6, 6.07) is 18.5. The molecule has 0 bridgehead atoms. The summed E-state index contributed by atoms with van der Waals surface area (Å²) < 4.78 is 11.9. The van der Waals surface area contributed by atoms with Crippen molar-refractivity contribution in [3.63, 3.8) is 0 Å². The van der Waals surface area contributed by atoms with Crippen molar-refractivity contribution >= 4 is 0 Å². The van der Waals surface area contributed by atoms with Crippen LogP contribution in [0.4, 0.5) is 0 Å². The van der Waals surface area contributed by atoms with Crippen LogP contribution < -0.4 is 0 Å². The fourth-order valence-electron chi connectivity index (χ4n) is 12.2. The molecule has 0 saturated carbocycles. The Bertz CT molecular complexity index is 1810. The number of likely N-dealkylation sites (N-methyl/N-ethyl adjacent to an activating group) is 1. The molecule has 0 spiro atoms. The summed E-state index contributed by atoms with van der Waals surface area (Å²) in [5.74, 6) is 0. The molecule has 0 radical (unpaired) electrons. The molecule has 2 aromatic carbocycles. The number of ether oxygens (including phenoxy) is 1. The Balaban J connectivity index is 0.000000339. The van der Waals surface area contributed by atoms with Crippen LogP contribution in [0, 0.1) is 27.1 Å². The first kappa shape index (κ1) is 73.3. The summed E-state index contributed by atoms with van der Waals surface area (Å²) in [4.78, 5) is 0. The van der Waals surface area contributed by atoms with Gasteiger partial charge in [0.25, 0.3) is 0 Å². The van der Waals surface area contributed by atoms with Crippen molar-refractivity contribution in [3.05, 3.63) is 70.8 Å². The normalized spacial score (nSPS) is 18.8. The monoisotopic (exact) mass is 1110 g/mol. The summed E-state index contributed by atoms with van der Waals surface area (Å²) >= 11 is 0. The first-order valence-electron chi connectivity index (χ1n) is 33.1. The predicted molar refractivity (Wildman–Crippen MR) is 351 cm³/mol. The summed E-state index contributed by atoms with van der Waals surface area (Å²) in [6.07, 6.45) is 26.1. The number of unbranched alkanes of at least 4 members (excludes halogenated alkanes) is 3. The highest BCUT2D eigenvalue weighted by Crippen LogP contribution is 2.28. The quantitative estimate of drug-likeness (QED) is 0.0894. The minimum absolute atomic E-state index is 0.384. The Morgan fingerprint density at radius 2 is 0.696 bits per heavy atom. The van der Waals surface area contributed by atoms with E-state index in [4.69, 9.17) is 4.74 Å². The zero-order valence-electron chi connectivity index (χ0n) is 57.8. The van der Waals surface area contributed by atoms with Crippen LogP contribution >= 0.6 is 0 Å². The van der Waals surface area contributed by atoms with Crippen LogP contribution in [0.5, 0.6) is 0 Å². The molecule has 0 amide bonds. The smallest absolute Gasteiger partial charge is 0.104 e. The van der Waals surface area contributed by atoms with Crippen LogP contribution in [0.1, 0.15) is 235 Å². The van der Waals surface area contributed by atoms with E-state index in [1.165, 1.54) is 234 Å². The number of aryl methyl sites for hydroxylation is 1. The summed E-state index contributed by atoms with van der Waals surface area (Å²) in [6.45, 7) is 54.0. The third-order valence-corrected chi connectivity index (χ3v) is 17.5. The summed E-state index contributed by atoms with van der Waals surface area (Å²) in [7, 11) is 16.3. The van der Waals surface area contributed by atoms with Gasteiger partial charge in [-0.15, -0.1) is 0 Å². The van der Waals surface area contributed by atoms with Crippen LogP contribution in [0.2, 0.25) is 0 Å². The fraction of sp³-hybridized carbons (Fsp3) is 0.836. The highest BCUT2D eigenvalue weighted by Gasteiger charge is 2.29. The molecule has 460 valence electrons. The van der Waals surface area contributed by atoms with E-state index in [9.17, 15) is 0 Å². The minimum atomic E-state index is 0.384. The average Bonchev–Trinajstić information content (AvgIpc) is 4.14. The molecule has 4 aliphatic rings. The molecule has 6 nitrogen and oxygen atoms in total. The lowest BCUT2D eigenvalue weighted by molar-refractivity contribution is -0.910. The standard InChI is InChI=1S/C17H28N.C16H28N.C14H30N.C13H28NO.C13H28N/c1-17(2,3)13-15-7-9-16(10-8-15)14-18(4)11-5-6-12-18;1-16(2,3)12-11-14-7-9-15(10-8-14)13-17(4,5)6;1-14(2,3)10-6-5-7-11-15(4)12-8-9-13-15;1-13(2,3)7-11-15-12-10-14(4)8-5-6-9-14;1-13(2,3)9-5-6-10-14(4)11-7-8-12-14/h7-10H,5-6,11-14H2,1-4H3;7-10H,11-13H2,1-6H3;5-13H2,1-4H3;5-12H2,1-4H3;5-12H2,1-4H3/q5*+1. The molecular weight excluding hydrogens is 963 g/mol. The molecule has 79 heavy (non-hydrogen) atoms. The van der Waals surface area contributed by atoms with Gasteiger partial charge in [0.1, 0.15) is 19.6 Å². The Morgan fingerprint density at radius 3 is 1.09 bits per heavy atom. The molecule has 2 aromatic rings. The molecule has 4 saturated heterocycles. The molecule has 0 aliphatic carbocycles. The molecule has 4 heterocycles. The van der Waals surface area contributed by atoms with Gasteiger partial charge in [-0.3, -0.25) is 0 Å². The Kier molecular flexibility index (Phi) is 31.2. The Hall–Kier alpha value is -1.80. The molecule has 0 N–H and O–H groups in total. The predicted octanol–water partition coefficient (Wildman–Crippen LogP) is 17.8. The first-order chi connectivity index (χ1) is 36.3. The topological polar surface area (TPSA) is 9.23 Å². The van der Waals surface area contributed by atoms with Gasteiger partial charge in [-0.05, 0) is 102 Å². The second-order valence-corrected chi connectivity index (χ2v) is 34.6. The van der Waals surface area contributed by atoms with Crippen molar-refractivity contribution in [1.29, 1.82) is 0 Å². The molecule has 0 unspecified atom stereocenters. The second-order valence-electron chi connectivity index (χ2n) is 34.6. The third-order valence-electron chi connectivity index (χ3n) is 17.5. The molecule has 4 aliphatic heterocycles. The fourth-order valence-corrected chi connectivity index (χ4v) is 12.2. The Labute approximate surface area is 496 Å². The summed E-state index contributed by atoms with van der Waals surface area (Å²) in [5.41, 5.74) is 8.15. The van der Waals surface area contributed by atoms with E-state index in [2.05, 4.69) is 202 Å². The van der Waals surface area contributed by atoms with Crippen LogP contribution in [0.15, 0.2) is 48.5 Å². The lowest BCUT2D eigenvalue weighted by Gasteiger charge is -2.29. The van der Waals surface area contributed by atoms with Gasteiger partial charge < -0.3 is 27.2 Å². The van der Waals surface area contributed by atoms with Crippen molar-refractivity contribution in [2.75, 3.05) is 135 Å². The lowest BCUT2D eigenvalue weighted by atomic mass is 9.88. The Morgan fingerprint density at radius 1 is 0.354 bits per heavy atom. The molecule has 0 aromatic heterocycles. The van der Waals surface area contributed by atoms with Crippen LogP contribution in [-0.4, -0.2) is 157 Å². The van der Waals surface area contributed by atoms with Gasteiger partial charge in [0.2, 0.25) is 0 Å². The highest BCUT2D eigenvalue weighted by molar-refractivity contribution is 5.23. The van der Waals surface area contributed by atoms with E-state index < -0.39 is 0 Å².